The van der Waals surface area contributed by atoms with Crippen LogP contribution in [0, 0.1) is 16.5 Å². The van der Waals surface area contributed by atoms with Crippen molar-refractivity contribution in [1.82, 2.24) is 14.9 Å². The molecule has 1 aromatic carbocycles. The quantitative estimate of drug-likeness (QED) is 0.200. The van der Waals surface area contributed by atoms with Gasteiger partial charge < -0.3 is 20.9 Å². The number of hydrogen-bond acceptors (Lipinski definition) is 7. The molecule has 3 N–H and O–H groups in total. The monoisotopic (exact) mass is 568 g/mol. The molecule has 11 nitrogen and oxygen atoms in total. The fourth-order valence-electron chi connectivity index (χ4n) is 3.04. The van der Waals surface area contributed by atoms with E-state index in [1.54, 1.807) is 6.07 Å². The Labute approximate surface area is 222 Å². The second kappa shape index (κ2) is 13.6. The Balaban J connectivity index is 0.000000708. The van der Waals surface area contributed by atoms with Crippen LogP contribution in [-0.4, -0.2) is 45.8 Å². The molecule has 1 amide bonds. The number of aromatic nitrogens is 3. The maximum atomic E-state index is 14.4. The Morgan fingerprint density at radius 2 is 1.73 bits per heavy atom. The van der Waals surface area contributed by atoms with E-state index in [1.807, 2.05) is 30.3 Å². The minimum absolute atomic E-state index is 0.0337. The molecule has 0 saturated heterocycles. The predicted octanol–water partition coefficient (Wildman–Crippen LogP) is 1.94. The summed E-state index contributed by atoms with van der Waals surface area (Å²) >= 11 is 0. The number of carboxylic acids is 1. The van der Waals surface area contributed by atoms with E-state index in [1.165, 1.54) is 12.1 Å². The molecule has 0 aliphatic heterocycles. The van der Waals surface area contributed by atoms with Gasteiger partial charge in [0.2, 0.25) is 5.91 Å². The lowest BCUT2D eigenvalue weighted by molar-refractivity contribution is -0.624. The smallest absolute Gasteiger partial charge is 0.490 e. The number of amides is 1. The van der Waals surface area contributed by atoms with Gasteiger partial charge >= 0.3 is 18.1 Å². The van der Waals surface area contributed by atoms with Crippen molar-refractivity contribution in [2.45, 2.75) is 25.1 Å². The number of halogens is 5. The van der Waals surface area contributed by atoms with Gasteiger partial charge in [0, 0.05) is 18.7 Å². The van der Waals surface area contributed by atoms with Gasteiger partial charge in [-0.05, 0) is 18.1 Å². The topological polar surface area (TPSA) is 164 Å². The Kier molecular flexibility index (Phi) is 10.6. The fraction of sp³-hybridized carbons (Fsp3) is 0.250. The molecule has 3 rings (SSSR count). The zero-order chi connectivity index (χ0) is 29.9. The summed E-state index contributed by atoms with van der Waals surface area (Å²) in [5.74, 6) is -7.36. The third-order valence-electron chi connectivity index (χ3n) is 4.97. The molecular formula is C24H21F5N6O5. The molecule has 0 bridgehead atoms. The van der Waals surface area contributed by atoms with Crippen LogP contribution in [0.1, 0.15) is 17.0 Å². The maximum Gasteiger partial charge on any atom is 0.490 e. The summed E-state index contributed by atoms with van der Waals surface area (Å²) in [6.45, 7) is -1.26. The van der Waals surface area contributed by atoms with Gasteiger partial charge in [-0.15, -0.1) is 0 Å². The Morgan fingerprint density at radius 1 is 1.10 bits per heavy atom. The molecule has 2 heterocycles. The minimum Gasteiger partial charge on any atom is -0.618 e. The number of nitriles is 1. The van der Waals surface area contributed by atoms with E-state index < -0.39 is 54.1 Å². The van der Waals surface area contributed by atoms with Crippen molar-refractivity contribution >= 4 is 17.7 Å². The van der Waals surface area contributed by atoms with Gasteiger partial charge in [-0.2, -0.15) is 31.9 Å². The normalized spacial score (nSPS) is 11.0. The lowest BCUT2D eigenvalue weighted by atomic mass is 10.1. The molecular weight excluding hydrogens is 547 g/mol. The SMILES string of the molecule is N#Cc1cnc(NCC(F)(F)c2cccc[n+]2[O-])c(=O)n1CC(=O)NCCc1ccccc1.O=C(O)C(F)(F)F. The fourth-order valence-corrected chi connectivity index (χ4v) is 3.04. The number of aliphatic carboxylic acids is 1. The summed E-state index contributed by atoms with van der Waals surface area (Å²) in [5, 5.41) is 32.9. The number of carboxylic acid groups (broad SMARTS) is 1. The second-order valence-corrected chi connectivity index (χ2v) is 7.85. The summed E-state index contributed by atoms with van der Waals surface area (Å²) in [6, 6.07) is 14.8. The molecule has 40 heavy (non-hydrogen) atoms. The van der Waals surface area contributed by atoms with Crippen LogP contribution in [0.15, 0.2) is 65.7 Å². The molecule has 212 valence electrons. The van der Waals surface area contributed by atoms with Crippen LogP contribution in [0.5, 0.6) is 0 Å². The van der Waals surface area contributed by atoms with Crippen molar-refractivity contribution in [2.24, 2.45) is 0 Å². The van der Waals surface area contributed by atoms with E-state index in [-0.39, 0.29) is 10.4 Å². The van der Waals surface area contributed by atoms with Crippen LogP contribution in [0.2, 0.25) is 0 Å². The van der Waals surface area contributed by atoms with E-state index in [2.05, 4.69) is 15.6 Å². The third kappa shape index (κ3) is 9.04. The lowest BCUT2D eigenvalue weighted by Gasteiger charge is -2.17. The van der Waals surface area contributed by atoms with Crippen molar-refractivity contribution in [1.29, 1.82) is 5.26 Å². The van der Waals surface area contributed by atoms with Gasteiger partial charge in [0.25, 0.3) is 11.3 Å². The van der Waals surface area contributed by atoms with Crippen LogP contribution in [0.25, 0.3) is 0 Å². The van der Waals surface area contributed by atoms with Gasteiger partial charge in [0.05, 0.1) is 12.7 Å². The number of anilines is 1. The molecule has 0 atom stereocenters. The molecule has 3 aromatic rings. The highest BCUT2D eigenvalue weighted by Crippen LogP contribution is 2.24. The first kappa shape index (κ1) is 31.1. The van der Waals surface area contributed by atoms with Gasteiger partial charge in [0.1, 0.15) is 18.3 Å². The first-order valence-electron chi connectivity index (χ1n) is 11.2. The number of nitrogens with one attached hydrogen (secondary N) is 2. The van der Waals surface area contributed by atoms with E-state index in [4.69, 9.17) is 9.90 Å². The average molecular weight is 568 g/mol. The lowest BCUT2D eigenvalue weighted by Crippen LogP contribution is -2.41. The number of nitrogens with zero attached hydrogens (tertiary/aromatic N) is 4. The summed E-state index contributed by atoms with van der Waals surface area (Å²) in [5.41, 5.74) is -0.895. The maximum absolute atomic E-state index is 14.4. The Bertz CT molecular complexity index is 1420. The van der Waals surface area contributed by atoms with Crippen LogP contribution >= 0.6 is 0 Å². The molecule has 0 saturated carbocycles. The Morgan fingerprint density at radius 3 is 2.30 bits per heavy atom. The number of pyridine rings is 1. The number of alkyl halides is 5. The highest BCUT2D eigenvalue weighted by molar-refractivity contribution is 5.76. The molecule has 0 spiro atoms. The van der Waals surface area contributed by atoms with E-state index >= 15 is 0 Å². The number of rotatable bonds is 9. The number of carbonyl (C=O) groups excluding carboxylic acids is 1. The molecule has 2 aromatic heterocycles. The number of hydrogen-bond donors (Lipinski definition) is 3. The van der Waals surface area contributed by atoms with Crippen LogP contribution < -0.4 is 20.9 Å². The number of carbonyl (C=O) groups is 2. The first-order chi connectivity index (χ1) is 18.8. The van der Waals surface area contributed by atoms with E-state index in [0.717, 1.165) is 28.6 Å². The van der Waals surface area contributed by atoms with Crippen molar-refractivity contribution in [3.63, 3.8) is 0 Å². The highest BCUT2D eigenvalue weighted by Gasteiger charge is 2.39. The van der Waals surface area contributed by atoms with Gasteiger partial charge in [-0.1, -0.05) is 30.3 Å². The summed E-state index contributed by atoms with van der Waals surface area (Å²) in [6.07, 6.45) is -2.56. The van der Waals surface area contributed by atoms with Crippen molar-refractivity contribution in [3.05, 3.63) is 93.4 Å². The largest absolute Gasteiger partial charge is 0.618 e. The summed E-state index contributed by atoms with van der Waals surface area (Å²) in [7, 11) is 0. The predicted molar refractivity (Wildman–Crippen MR) is 128 cm³/mol. The highest BCUT2D eigenvalue weighted by atomic mass is 19.4. The van der Waals surface area contributed by atoms with Gasteiger partial charge in [-0.25, -0.2) is 9.78 Å². The molecule has 0 radical (unpaired) electrons. The van der Waals surface area contributed by atoms with Gasteiger partial charge in [0.15, 0.2) is 12.0 Å². The van der Waals surface area contributed by atoms with Crippen molar-refractivity contribution < 1.29 is 41.4 Å². The molecule has 0 aliphatic carbocycles. The molecule has 0 aliphatic rings. The van der Waals surface area contributed by atoms with Crippen LogP contribution in [0.4, 0.5) is 27.8 Å². The van der Waals surface area contributed by atoms with Crippen molar-refractivity contribution in [2.75, 3.05) is 18.4 Å². The van der Waals surface area contributed by atoms with Crippen molar-refractivity contribution in [3.8, 4) is 6.07 Å². The summed E-state index contributed by atoms with van der Waals surface area (Å²) in [4.78, 5) is 37.6. The zero-order valence-electron chi connectivity index (χ0n) is 20.4. The Hall–Kier alpha value is -5.07. The standard InChI is InChI=1S/C22H20F2N6O3.C2HF3O2/c23-22(24,18-8-4-5-11-30(18)33)15-28-20-21(32)29(17(12-25)13-27-20)14-19(31)26-10-9-16-6-2-1-3-7-16;3-2(4,5)1(6)7/h1-8,11,13H,9-10,14-15H2,(H,26,31)(H,27,28);(H,6,7). The first-order valence-corrected chi connectivity index (χ1v) is 11.2. The average Bonchev–Trinajstić information content (AvgIpc) is 2.89. The zero-order valence-corrected chi connectivity index (χ0v) is 20.4. The molecule has 0 fully saturated rings. The van der Waals surface area contributed by atoms with Gasteiger partial charge in [-0.3, -0.25) is 14.2 Å². The molecule has 0 unspecified atom stereocenters. The van der Waals surface area contributed by atoms with E-state index in [0.29, 0.717) is 13.0 Å². The van der Waals surface area contributed by atoms with Crippen LogP contribution in [-0.2, 0) is 28.5 Å². The second-order valence-electron chi connectivity index (χ2n) is 7.85. The van der Waals surface area contributed by atoms with E-state index in [9.17, 15) is 42.0 Å². The molecule has 16 heteroatoms. The van der Waals surface area contributed by atoms with Crippen LogP contribution in [0.3, 0.4) is 0 Å². The number of benzene rings is 1. The third-order valence-corrected chi connectivity index (χ3v) is 4.97. The minimum atomic E-state index is -5.08. The summed E-state index contributed by atoms with van der Waals surface area (Å²) < 4.78 is 61.5.